The van der Waals surface area contributed by atoms with E-state index in [2.05, 4.69) is 5.32 Å². The van der Waals surface area contributed by atoms with Gasteiger partial charge in [0.1, 0.15) is 0 Å². The van der Waals surface area contributed by atoms with Gasteiger partial charge in [0, 0.05) is 18.3 Å². The van der Waals surface area contributed by atoms with Crippen molar-refractivity contribution >= 4 is 9.84 Å². The summed E-state index contributed by atoms with van der Waals surface area (Å²) < 4.78 is 28.7. The lowest BCUT2D eigenvalue weighted by atomic mass is 9.96. The minimum absolute atomic E-state index is 0.259. The van der Waals surface area contributed by atoms with Crippen molar-refractivity contribution in [2.75, 3.05) is 18.1 Å². The molecule has 0 aromatic rings. The standard InChI is InChI=1S/C11H21NO3S/c1-2-6-16(13,14)7-5-12-10-8-9-3-4-11(10)15-9/h9-12H,2-8H2,1H3. The molecular formula is C11H21NO3S. The lowest BCUT2D eigenvalue weighted by Gasteiger charge is -2.19. The summed E-state index contributed by atoms with van der Waals surface area (Å²) in [4.78, 5) is 0. The Bertz CT molecular complexity index is 328. The predicted octanol–water partition coefficient (Wildman–Crippen LogP) is 0.721. The summed E-state index contributed by atoms with van der Waals surface area (Å²) >= 11 is 0. The van der Waals surface area contributed by atoms with Crippen molar-refractivity contribution in [2.24, 2.45) is 0 Å². The molecule has 2 heterocycles. The van der Waals surface area contributed by atoms with Crippen molar-refractivity contribution in [1.29, 1.82) is 0 Å². The third-order valence-electron chi connectivity index (χ3n) is 3.44. The van der Waals surface area contributed by atoms with Crippen LogP contribution >= 0.6 is 0 Å². The van der Waals surface area contributed by atoms with Gasteiger partial charge in [-0.3, -0.25) is 0 Å². The van der Waals surface area contributed by atoms with Crippen LogP contribution < -0.4 is 5.32 Å². The minimum Gasteiger partial charge on any atom is -0.373 e. The molecule has 0 aromatic heterocycles. The lowest BCUT2D eigenvalue weighted by molar-refractivity contribution is 0.0977. The van der Waals surface area contributed by atoms with Gasteiger partial charge in [-0.2, -0.15) is 0 Å². The minimum atomic E-state index is -2.84. The monoisotopic (exact) mass is 247 g/mol. The molecule has 2 fully saturated rings. The lowest BCUT2D eigenvalue weighted by Crippen LogP contribution is -2.40. The zero-order valence-corrected chi connectivity index (χ0v) is 10.6. The normalized spacial score (nSPS) is 33.4. The Morgan fingerprint density at radius 3 is 2.69 bits per heavy atom. The number of hydrogen-bond acceptors (Lipinski definition) is 4. The molecule has 2 bridgehead atoms. The van der Waals surface area contributed by atoms with E-state index in [0.717, 1.165) is 12.8 Å². The quantitative estimate of drug-likeness (QED) is 0.751. The molecule has 2 aliphatic rings. The van der Waals surface area contributed by atoms with Crippen LogP contribution in [0.5, 0.6) is 0 Å². The van der Waals surface area contributed by atoms with E-state index in [1.807, 2.05) is 6.92 Å². The van der Waals surface area contributed by atoms with E-state index in [1.165, 1.54) is 6.42 Å². The number of sulfone groups is 1. The van der Waals surface area contributed by atoms with Gasteiger partial charge in [-0.05, 0) is 25.7 Å². The third-order valence-corrected chi connectivity index (χ3v) is 5.30. The molecule has 0 radical (unpaired) electrons. The Labute approximate surface area is 97.7 Å². The van der Waals surface area contributed by atoms with Crippen LogP contribution in [0.15, 0.2) is 0 Å². The Morgan fingerprint density at radius 2 is 2.12 bits per heavy atom. The largest absolute Gasteiger partial charge is 0.373 e. The predicted molar refractivity (Wildman–Crippen MR) is 63.2 cm³/mol. The van der Waals surface area contributed by atoms with Gasteiger partial charge in [0.2, 0.25) is 0 Å². The molecule has 2 saturated heterocycles. The van der Waals surface area contributed by atoms with Crippen LogP contribution in [-0.4, -0.2) is 44.7 Å². The van der Waals surface area contributed by atoms with Gasteiger partial charge in [-0.1, -0.05) is 6.92 Å². The second-order valence-electron chi connectivity index (χ2n) is 4.82. The Kier molecular flexibility index (Phi) is 3.87. The van der Waals surface area contributed by atoms with Crippen molar-refractivity contribution in [3.05, 3.63) is 0 Å². The van der Waals surface area contributed by atoms with Gasteiger partial charge in [0.15, 0.2) is 9.84 Å². The van der Waals surface area contributed by atoms with E-state index in [4.69, 9.17) is 4.74 Å². The smallest absolute Gasteiger partial charge is 0.151 e. The van der Waals surface area contributed by atoms with Crippen LogP contribution in [0.25, 0.3) is 0 Å². The fourth-order valence-electron chi connectivity index (χ4n) is 2.67. The number of nitrogens with one attached hydrogen (secondary N) is 1. The summed E-state index contributed by atoms with van der Waals surface area (Å²) in [6.07, 6.45) is 4.83. The highest BCUT2D eigenvalue weighted by Crippen LogP contribution is 2.34. The number of fused-ring (bicyclic) bond motifs is 2. The molecular weight excluding hydrogens is 226 g/mol. The SMILES string of the molecule is CCCS(=O)(=O)CCNC1CC2CCC1O2. The van der Waals surface area contributed by atoms with Crippen molar-refractivity contribution in [2.45, 2.75) is 50.9 Å². The van der Waals surface area contributed by atoms with Crippen LogP contribution in [0.2, 0.25) is 0 Å². The molecule has 5 heteroatoms. The van der Waals surface area contributed by atoms with Gasteiger partial charge in [0.25, 0.3) is 0 Å². The van der Waals surface area contributed by atoms with E-state index < -0.39 is 9.84 Å². The summed E-state index contributed by atoms with van der Waals surface area (Å²) in [5.41, 5.74) is 0. The maximum absolute atomic E-state index is 11.5. The summed E-state index contributed by atoms with van der Waals surface area (Å²) in [5.74, 6) is 0.566. The molecule has 0 aromatic carbocycles. The molecule has 2 aliphatic heterocycles. The highest BCUT2D eigenvalue weighted by Gasteiger charge is 2.40. The average Bonchev–Trinajstić information content (AvgIpc) is 2.78. The Hall–Kier alpha value is -0.130. The van der Waals surface area contributed by atoms with Crippen LogP contribution in [-0.2, 0) is 14.6 Å². The highest BCUT2D eigenvalue weighted by atomic mass is 32.2. The first-order valence-corrected chi connectivity index (χ1v) is 8.02. The number of hydrogen-bond donors (Lipinski definition) is 1. The summed E-state index contributed by atoms with van der Waals surface area (Å²) in [6.45, 7) is 2.47. The van der Waals surface area contributed by atoms with E-state index >= 15 is 0 Å². The highest BCUT2D eigenvalue weighted by molar-refractivity contribution is 7.91. The topological polar surface area (TPSA) is 55.4 Å². The first kappa shape index (κ1) is 12.3. The zero-order chi connectivity index (χ0) is 11.6. The van der Waals surface area contributed by atoms with Gasteiger partial charge in [-0.25, -0.2) is 8.42 Å². The molecule has 94 valence electrons. The van der Waals surface area contributed by atoms with Crippen LogP contribution in [0.3, 0.4) is 0 Å². The van der Waals surface area contributed by atoms with Crippen molar-refractivity contribution in [3.63, 3.8) is 0 Å². The molecule has 0 spiro atoms. The van der Waals surface area contributed by atoms with E-state index in [9.17, 15) is 8.42 Å². The van der Waals surface area contributed by atoms with E-state index in [0.29, 0.717) is 37.0 Å². The second kappa shape index (κ2) is 5.02. The van der Waals surface area contributed by atoms with Crippen molar-refractivity contribution in [1.82, 2.24) is 5.32 Å². The van der Waals surface area contributed by atoms with E-state index in [1.54, 1.807) is 0 Å². The van der Waals surface area contributed by atoms with E-state index in [-0.39, 0.29) is 5.75 Å². The first-order chi connectivity index (χ1) is 7.61. The van der Waals surface area contributed by atoms with Crippen molar-refractivity contribution < 1.29 is 13.2 Å². The number of rotatable bonds is 6. The molecule has 0 amide bonds. The molecule has 16 heavy (non-hydrogen) atoms. The van der Waals surface area contributed by atoms with Crippen LogP contribution in [0, 0.1) is 0 Å². The van der Waals surface area contributed by atoms with Gasteiger partial charge >= 0.3 is 0 Å². The fourth-order valence-corrected chi connectivity index (χ4v) is 3.92. The van der Waals surface area contributed by atoms with Gasteiger partial charge in [0.05, 0.1) is 18.0 Å². The summed E-state index contributed by atoms with van der Waals surface area (Å²) in [6, 6.07) is 0.385. The first-order valence-electron chi connectivity index (χ1n) is 6.20. The maximum atomic E-state index is 11.5. The fraction of sp³-hybridized carbons (Fsp3) is 1.00. The summed E-state index contributed by atoms with van der Waals surface area (Å²) in [7, 11) is -2.84. The molecule has 3 unspecified atom stereocenters. The van der Waals surface area contributed by atoms with Crippen molar-refractivity contribution in [3.8, 4) is 0 Å². The molecule has 4 nitrogen and oxygen atoms in total. The van der Waals surface area contributed by atoms with Crippen LogP contribution in [0.4, 0.5) is 0 Å². The van der Waals surface area contributed by atoms with Crippen LogP contribution in [0.1, 0.15) is 32.6 Å². The summed E-state index contributed by atoms with van der Waals surface area (Å²) in [5, 5.41) is 3.32. The molecule has 1 N–H and O–H groups in total. The Balaban J connectivity index is 1.69. The number of ether oxygens (including phenoxy) is 1. The Morgan fingerprint density at radius 1 is 1.31 bits per heavy atom. The average molecular weight is 247 g/mol. The molecule has 0 saturated carbocycles. The molecule has 3 atom stereocenters. The maximum Gasteiger partial charge on any atom is 0.151 e. The van der Waals surface area contributed by atoms with Gasteiger partial charge in [-0.15, -0.1) is 0 Å². The zero-order valence-electron chi connectivity index (χ0n) is 9.81. The third kappa shape index (κ3) is 2.96. The molecule has 2 rings (SSSR count). The second-order valence-corrected chi connectivity index (χ2v) is 7.13. The van der Waals surface area contributed by atoms with Gasteiger partial charge < -0.3 is 10.1 Å². The molecule has 0 aliphatic carbocycles.